The number of likely N-dealkylation sites (tertiary alicyclic amines) is 2. The van der Waals surface area contributed by atoms with E-state index in [0.717, 1.165) is 10.9 Å². The molecule has 3 heterocycles. The molecule has 0 radical (unpaired) electrons. The van der Waals surface area contributed by atoms with Crippen LogP contribution in [0.1, 0.15) is 23.7 Å². The molecule has 2 aliphatic heterocycles. The van der Waals surface area contributed by atoms with Crippen molar-refractivity contribution in [3.05, 3.63) is 42.1 Å². The monoisotopic (exact) mass is 375 g/mol. The minimum atomic E-state index is -2.68. The number of alkyl halides is 2. The van der Waals surface area contributed by atoms with Gasteiger partial charge in [-0.15, -0.1) is 0 Å². The molecule has 0 spiro atoms. The summed E-state index contributed by atoms with van der Waals surface area (Å²) in [5.41, 5.74) is 1.44. The van der Waals surface area contributed by atoms with Crippen molar-refractivity contribution in [3.8, 4) is 0 Å². The van der Waals surface area contributed by atoms with Crippen LogP contribution in [0.4, 0.5) is 8.78 Å². The number of halogens is 2. The quantitative estimate of drug-likeness (QED) is 0.806. The average Bonchev–Trinajstić information content (AvgIpc) is 2.92. The number of amides is 1. The SMILES string of the molecule is CCOC[C@@H]1CC(F)(F)CN1C1CN(C(=O)c2ccc3ncccc3c2)C1. The fourth-order valence-electron chi connectivity index (χ4n) is 3.98. The van der Waals surface area contributed by atoms with Crippen LogP contribution in [0.3, 0.4) is 0 Å². The maximum atomic E-state index is 13.9. The van der Waals surface area contributed by atoms with Gasteiger partial charge < -0.3 is 9.64 Å². The van der Waals surface area contributed by atoms with Crippen molar-refractivity contribution in [2.75, 3.05) is 32.8 Å². The molecule has 1 aromatic carbocycles. The number of nitrogens with zero attached hydrogens (tertiary/aromatic N) is 3. The van der Waals surface area contributed by atoms with Crippen LogP contribution in [0, 0.1) is 0 Å². The first-order valence-corrected chi connectivity index (χ1v) is 9.32. The number of aromatic nitrogens is 1. The van der Waals surface area contributed by atoms with Crippen molar-refractivity contribution >= 4 is 16.8 Å². The van der Waals surface area contributed by atoms with E-state index in [4.69, 9.17) is 4.74 Å². The second-order valence-electron chi connectivity index (χ2n) is 7.32. The molecule has 4 rings (SSSR count). The first kappa shape index (κ1) is 18.3. The van der Waals surface area contributed by atoms with E-state index < -0.39 is 5.92 Å². The lowest BCUT2D eigenvalue weighted by molar-refractivity contribution is -0.0148. The summed E-state index contributed by atoms with van der Waals surface area (Å²) in [4.78, 5) is 20.5. The highest BCUT2D eigenvalue weighted by Crippen LogP contribution is 2.35. The number of benzene rings is 1. The van der Waals surface area contributed by atoms with Gasteiger partial charge in [0.15, 0.2) is 0 Å². The van der Waals surface area contributed by atoms with E-state index in [9.17, 15) is 13.6 Å². The second-order valence-corrected chi connectivity index (χ2v) is 7.32. The number of fused-ring (bicyclic) bond motifs is 1. The van der Waals surface area contributed by atoms with Crippen LogP contribution in [0.15, 0.2) is 36.5 Å². The molecule has 1 aromatic heterocycles. The zero-order valence-electron chi connectivity index (χ0n) is 15.3. The molecule has 0 bridgehead atoms. The fraction of sp³-hybridized carbons (Fsp3) is 0.500. The third-order valence-corrected chi connectivity index (χ3v) is 5.40. The van der Waals surface area contributed by atoms with Gasteiger partial charge in [-0.05, 0) is 31.2 Å². The van der Waals surface area contributed by atoms with E-state index in [1.54, 1.807) is 17.2 Å². The van der Waals surface area contributed by atoms with Crippen LogP contribution in [-0.4, -0.2) is 71.5 Å². The van der Waals surface area contributed by atoms with Gasteiger partial charge in [0, 0.05) is 55.3 Å². The van der Waals surface area contributed by atoms with Crippen molar-refractivity contribution < 1.29 is 18.3 Å². The number of carbonyl (C=O) groups excluding carboxylic acids is 1. The molecule has 0 unspecified atom stereocenters. The summed E-state index contributed by atoms with van der Waals surface area (Å²) in [5.74, 6) is -2.75. The number of ether oxygens (including phenoxy) is 1. The fourth-order valence-corrected chi connectivity index (χ4v) is 3.98. The molecular weight excluding hydrogens is 352 g/mol. The third-order valence-electron chi connectivity index (χ3n) is 5.40. The largest absolute Gasteiger partial charge is 0.380 e. The Balaban J connectivity index is 1.41. The Kier molecular flexibility index (Phi) is 4.82. The highest BCUT2D eigenvalue weighted by atomic mass is 19.3. The van der Waals surface area contributed by atoms with Crippen LogP contribution in [0.5, 0.6) is 0 Å². The van der Waals surface area contributed by atoms with Gasteiger partial charge in [0.25, 0.3) is 11.8 Å². The average molecular weight is 375 g/mol. The molecule has 0 saturated carbocycles. The van der Waals surface area contributed by atoms with Crippen molar-refractivity contribution in [1.82, 2.24) is 14.8 Å². The summed E-state index contributed by atoms with van der Waals surface area (Å²) in [6, 6.07) is 8.88. The minimum absolute atomic E-state index is 0.0325. The zero-order valence-corrected chi connectivity index (χ0v) is 15.3. The molecule has 0 N–H and O–H groups in total. The van der Waals surface area contributed by atoms with E-state index in [-0.39, 0.29) is 31.0 Å². The molecule has 5 nitrogen and oxygen atoms in total. The molecular formula is C20H23F2N3O2. The number of pyridine rings is 1. The predicted octanol–water partition coefficient (Wildman–Crippen LogP) is 2.81. The lowest BCUT2D eigenvalue weighted by Gasteiger charge is -2.45. The van der Waals surface area contributed by atoms with E-state index in [0.29, 0.717) is 31.9 Å². The van der Waals surface area contributed by atoms with Gasteiger partial charge in [-0.2, -0.15) is 0 Å². The van der Waals surface area contributed by atoms with Crippen molar-refractivity contribution in [3.63, 3.8) is 0 Å². The predicted molar refractivity (Wildman–Crippen MR) is 98.0 cm³/mol. The maximum Gasteiger partial charge on any atom is 0.262 e. The Labute approximate surface area is 156 Å². The smallest absolute Gasteiger partial charge is 0.262 e. The van der Waals surface area contributed by atoms with Crippen LogP contribution in [0.2, 0.25) is 0 Å². The van der Waals surface area contributed by atoms with Gasteiger partial charge >= 0.3 is 0 Å². The Morgan fingerprint density at radius 3 is 2.93 bits per heavy atom. The first-order valence-electron chi connectivity index (χ1n) is 9.32. The topological polar surface area (TPSA) is 45.7 Å². The van der Waals surface area contributed by atoms with Gasteiger partial charge in [-0.3, -0.25) is 14.7 Å². The Morgan fingerprint density at radius 2 is 2.15 bits per heavy atom. The van der Waals surface area contributed by atoms with Crippen LogP contribution in [0.25, 0.3) is 10.9 Å². The summed E-state index contributed by atoms with van der Waals surface area (Å²) >= 11 is 0. The van der Waals surface area contributed by atoms with E-state index in [1.165, 1.54) is 0 Å². The second kappa shape index (κ2) is 7.13. The molecule has 7 heteroatoms. The lowest BCUT2D eigenvalue weighted by Crippen LogP contribution is -2.62. The van der Waals surface area contributed by atoms with Gasteiger partial charge in [0.2, 0.25) is 0 Å². The van der Waals surface area contributed by atoms with Gasteiger partial charge in [0.05, 0.1) is 18.7 Å². The minimum Gasteiger partial charge on any atom is -0.380 e. The first-order chi connectivity index (χ1) is 13.0. The number of hydrogen-bond donors (Lipinski definition) is 0. The highest BCUT2D eigenvalue weighted by Gasteiger charge is 2.50. The van der Waals surface area contributed by atoms with Gasteiger partial charge in [-0.25, -0.2) is 8.78 Å². The number of rotatable bonds is 5. The molecule has 0 aliphatic carbocycles. The van der Waals surface area contributed by atoms with E-state index >= 15 is 0 Å². The number of hydrogen-bond acceptors (Lipinski definition) is 4. The van der Waals surface area contributed by atoms with Crippen molar-refractivity contribution in [2.24, 2.45) is 0 Å². The Morgan fingerprint density at radius 1 is 1.33 bits per heavy atom. The van der Waals surface area contributed by atoms with Crippen LogP contribution >= 0.6 is 0 Å². The molecule has 27 heavy (non-hydrogen) atoms. The van der Waals surface area contributed by atoms with E-state index in [1.807, 2.05) is 36.1 Å². The van der Waals surface area contributed by atoms with E-state index in [2.05, 4.69) is 4.98 Å². The summed E-state index contributed by atoms with van der Waals surface area (Å²) in [6.45, 7) is 3.39. The Bertz CT molecular complexity index is 839. The lowest BCUT2D eigenvalue weighted by atomic mass is 10.0. The summed E-state index contributed by atoms with van der Waals surface area (Å²) in [5, 5.41) is 0.913. The standard InChI is InChI=1S/C20H23F2N3O2/c1-2-27-12-16-9-20(21,22)13-25(16)17-10-24(11-17)19(26)15-5-6-18-14(8-15)4-3-7-23-18/h3-8,16-17H,2,9-13H2,1H3/t16-/m0/s1. The van der Waals surface area contributed by atoms with Crippen molar-refractivity contribution in [1.29, 1.82) is 0 Å². The van der Waals surface area contributed by atoms with Crippen LogP contribution < -0.4 is 0 Å². The normalized spacial score (nSPS) is 22.9. The summed E-state index contributed by atoms with van der Waals surface area (Å²) in [7, 11) is 0. The molecule has 2 aromatic rings. The number of carbonyl (C=O) groups is 1. The molecule has 2 saturated heterocycles. The highest BCUT2D eigenvalue weighted by molar-refractivity contribution is 5.98. The van der Waals surface area contributed by atoms with Crippen molar-refractivity contribution in [2.45, 2.75) is 31.4 Å². The van der Waals surface area contributed by atoms with Gasteiger partial charge in [0.1, 0.15) is 0 Å². The third kappa shape index (κ3) is 3.66. The summed E-state index contributed by atoms with van der Waals surface area (Å²) < 4.78 is 33.1. The zero-order chi connectivity index (χ0) is 19.0. The van der Waals surface area contributed by atoms with Gasteiger partial charge in [-0.1, -0.05) is 6.07 Å². The summed E-state index contributed by atoms with van der Waals surface area (Å²) in [6.07, 6.45) is 1.55. The molecule has 1 atom stereocenters. The Hall–Kier alpha value is -2.12. The molecule has 2 aliphatic rings. The molecule has 2 fully saturated rings. The molecule has 1 amide bonds. The maximum absolute atomic E-state index is 13.9. The molecule has 144 valence electrons. The van der Waals surface area contributed by atoms with Crippen LogP contribution in [-0.2, 0) is 4.74 Å².